The fourth-order valence-corrected chi connectivity index (χ4v) is 2.68. The van der Waals surface area contributed by atoms with Gasteiger partial charge >= 0.3 is 0 Å². The number of pyridine rings is 1. The minimum absolute atomic E-state index is 0.0680. The first-order valence-electron chi connectivity index (χ1n) is 8.27. The summed E-state index contributed by atoms with van der Waals surface area (Å²) in [6, 6.07) is 15.4. The first-order chi connectivity index (χ1) is 12.1. The molecule has 1 amide bonds. The van der Waals surface area contributed by atoms with Gasteiger partial charge in [0.2, 0.25) is 5.91 Å². The van der Waals surface area contributed by atoms with Gasteiger partial charge in [-0.15, -0.1) is 0 Å². The van der Waals surface area contributed by atoms with Gasteiger partial charge < -0.3 is 15.7 Å². The third kappa shape index (κ3) is 4.07. The first-order valence-corrected chi connectivity index (χ1v) is 8.27. The highest BCUT2D eigenvalue weighted by molar-refractivity contribution is 5.85. The highest BCUT2D eigenvalue weighted by Gasteiger charge is 2.09. The van der Waals surface area contributed by atoms with Crippen LogP contribution in [0.1, 0.15) is 17.5 Å². The molecule has 5 heteroatoms. The molecule has 0 saturated heterocycles. The SMILES string of the molecule is Cc1ccccc1NCCC(=O)NCc1ccc2cccnc2c1O. The van der Waals surface area contributed by atoms with Gasteiger partial charge in [-0.3, -0.25) is 9.78 Å². The van der Waals surface area contributed by atoms with Gasteiger partial charge in [-0.05, 0) is 24.6 Å². The summed E-state index contributed by atoms with van der Waals surface area (Å²) < 4.78 is 0. The Kier molecular flexibility index (Phi) is 5.14. The largest absolute Gasteiger partial charge is 0.505 e. The Balaban J connectivity index is 1.52. The number of para-hydroxylation sites is 1. The number of benzene rings is 2. The van der Waals surface area contributed by atoms with E-state index in [0.29, 0.717) is 24.0 Å². The van der Waals surface area contributed by atoms with Crippen LogP contribution in [0.3, 0.4) is 0 Å². The van der Waals surface area contributed by atoms with Crippen LogP contribution in [0.4, 0.5) is 5.69 Å². The lowest BCUT2D eigenvalue weighted by molar-refractivity contribution is -0.121. The number of fused-ring (bicyclic) bond motifs is 1. The Morgan fingerprint density at radius 2 is 1.96 bits per heavy atom. The standard InChI is InChI=1S/C20H21N3O2/c1-14-5-2-3-7-17(14)21-12-10-18(24)23-13-16-9-8-15-6-4-11-22-19(15)20(16)25/h2-9,11,21,25H,10,12-13H2,1H3,(H,23,24). The minimum atomic E-state index is -0.0680. The van der Waals surface area contributed by atoms with Gasteiger partial charge in [-0.25, -0.2) is 0 Å². The molecular formula is C20H21N3O2. The Morgan fingerprint density at radius 1 is 1.12 bits per heavy atom. The maximum absolute atomic E-state index is 12.0. The molecule has 3 aromatic rings. The van der Waals surface area contributed by atoms with Gasteiger partial charge in [-0.2, -0.15) is 0 Å². The number of amides is 1. The van der Waals surface area contributed by atoms with Gasteiger partial charge in [0.05, 0.1) is 0 Å². The number of hydrogen-bond donors (Lipinski definition) is 3. The second-order valence-electron chi connectivity index (χ2n) is 5.92. The van der Waals surface area contributed by atoms with Crippen molar-refractivity contribution >= 4 is 22.5 Å². The molecule has 128 valence electrons. The van der Waals surface area contributed by atoms with Crippen molar-refractivity contribution in [2.75, 3.05) is 11.9 Å². The second-order valence-corrected chi connectivity index (χ2v) is 5.92. The number of anilines is 1. The Morgan fingerprint density at radius 3 is 2.80 bits per heavy atom. The fourth-order valence-electron chi connectivity index (χ4n) is 2.68. The molecule has 0 aliphatic carbocycles. The van der Waals surface area contributed by atoms with Crippen molar-refractivity contribution in [2.45, 2.75) is 19.9 Å². The van der Waals surface area contributed by atoms with E-state index in [2.05, 4.69) is 15.6 Å². The smallest absolute Gasteiger partial charge is 0.222 e. The van der Waals surface area contributed by atoms with Gasteiger partial charge in [0.15, 0.2) is 0 Å². The van der Waals surface area contributed by atoms with Crippen LogP contribution < -0.4 is 10.6 Å². The van der Waals surface area contributed by atoms with Crippen molar-refractivity contribution in [1.82, 2.24) is 10.3 Å². The van der Waals surface area contributed by atoms with E-state index in [1.165, 1.54) is 0 Å². The summed E-state index contributed by atoms with van der Waals surface area (Å²) in [6.45, 7) is 2.86. The van der Waals surface area contributed by atoms with E-state index in [0.717, 1.165) is 16.6 Å². The lowest BCUT2D eigenvalue weighted by Gasteiger charge is -2.11. The van der Waals surface area contributed by atoms with Crippen LogP contribution in [-0.4, -0.2) is 22.5 Å². The van der Waals surface area contributed by atoms with E-state index in [1.54, 1.807) is 6.20 Å². The summed E-state index contributed by atoms with van der Waals surface area (Å²) in [6.07, 6.45) is 2.00. The monoisotopic (exact) mass is 335 g/mol. The summed E-state index contributed by atoms with van der Waals surface area (Å²) in [5, 5.41) is 17.3. The maximum Gasteiger partial charge on any atom is 0.222 e. The molecule has 3 rings (SSSR count). The molecule has 5 nitrogen and oxygen atoms in total. The van der Waals surface area contributed by atoms with Crippen molar-refractivity contribution < 1.29 is 9.90 Å². The van der Waals surface area contributed by atoms with E-state index in [1.807, 2.05) is 55.5 Å². The average Bonchev–Trinajstić information content (AvgIpc) is 2.63. The summed E-state index contributed by atoms with van der Waals surface area (Å²) in [5.41, 5.74) is 3.40. The number of aromatic nitrogens is 1. The number of carbonyl (C=O) groups is 1. The van der Waals surface area contributed by atoms with Crippen LogP contribution in [0.5, 0.6) is 5.75 Å². The van der Waals surface area contributed by atoms with Crippen LogP contribution in [0.2, 0.25) is 0 Å². The lowest BCUT2D eigenvalue weighted by atomic mass is 10.1. The predicted octanol–water partition coefficient (Wildman–Crippen LogP) is 3.37. The number of carbonyl (C=O) groups excluding carboxylic acids is 1. The molecule has 0 fully saturated rings. The van der Waals surface area contributed by atoms with Gasteiger partial charge in [0.1, 0.15) is 11.3 Å². The second kappa shape index (κ2) is 7.66. The molecule has 3 N–H and O–H groups in total. The van der Waals surface area contributed by atoms with E-state index < -0.39 is 0 Å². The van der Waals surface area contributed by atoms with E-state index in [4.69, 9.17) is 0 Å². The molecule has 0 atom stereocenters. The predicted molar refractivity (Wildman–Crippen MR) is 99.5 cm³/mol. The van der Waals surface area contributed by atoms with Crippen molar-refractivity contribution in [3.63, 3.8) is 0 Å². The zero-order valence-electron chi connectivity index (χ0n) is 14.1. The van der Waals surface area contributed by atoms with Crippen LogP contribution in [0, 0.1) is 6.92 Å². The maximum atomic E-state index is 12.0. The van der Waals surface area contributed by atoms with Crippen LogP contribution in [-0.2, 0) is 11.3 Å². The quantitative estimate of drug-likeness (QED) is 0.646. The number of rotatable bonds is 6. The number of phenols is 1. The number of phenolic OH excluding ortho intramolecular Hbond substituents is 1. The summed E-state index contributed by atoms with van der Waals surface area (Å²) in [5.74, 6) is 0.0537. The van der Waals surface area contributed by atoms with Crippen molar-refractivity contribution in [3.8, 4) is 5.75 Å². The molecule has 0 bridgehead atoms. The highest BCUT2D eigenvalue weighted by Crippen LogP contribution is 2.26. The Hall–Kier alpha value is -3.08. The third-order valence-electron chi connectivity index (χ3n) is 4.12. The fraction of sp³-hybridized carbons (Fsp3) is 0.200. The average molecular weight is 335 g/mol. The zero-order valence-corrected chi connectivity index (χ0v) is 14.1. The van der Waals surface area contributed by atoms with Crippen molar-refractivity contribution in [3.05, 3.63) is 65.9 Å². The number of aryl methyl sites for hydroxylation is 1. The van der Waals surface area contributed by atoms with Gasteiger partial charge in [-0.1, -0.05) is 36.4 Å². The molecule has 2 aromatic carbocycles. The Labute approximate surface area is 146 Å². The van der Waals surface area contributed by atoms with E-state index >= 15 is 0 Å². The van der Waals surface area contributed by atoms with E-state index in [-0.39, 0.29) is 18.2 Å². The van der Waals surface area contributed by atoms with Crippen LogP contribution in [0.15, 0.2) is 54.7 Å². The number of nitrogens with zero attached hydrogens (tertiary/aromatic N) is 1. The molecule has 1 heterocycles. The summed E-state index contributed by atoms with van der Waals surface area (Å²) >= 11 is 0. The van der Waals surface area contributed by atoms with Crippen LogP contribution in [0.25, 0.3) is 10.9 Å². The van der Waals surface area contributed by atoms with Gasteiger partial charge in [0.25, 0.3) is 0 Å². The number of hydrogen-bond acceptors (Lipinski definition) is 4. The Bertz CT molecular complexity index is 893. The molecule has 0 aliphatic heterocycles. The first kappa shape index (κ1) is 16.8. The van der Waals surface area contributed by atoms with Crippen LogP contribution >= 0.6 is 0 Å². The molecule has 0 unspecified atom stereocenters. The molecule has 0 saturated carbocycles. The number of nitrogens with one attached hydrogen (secondary N) is 2. The third-order valence-corrected chi connectivity index (χ3v) is 4.12. The molecule has 0 aliphatic rings. The molecule has 1 aromatic heterocycles. The summed E-state index contributed by atoms with van der Waals surface area (Å²) in [7, 11) is 0. The topological polar surface area (TPSA) is 74.2 Å². The molecular weight excluding hydrogens is 314 g/mol. The van der Waals surface area contributed by atoms with Crippen molar-refractivity contribution in [1.29, 1.82) is 0 Å². The van der Waals surface area contributed by atoms with E-state index in [9.17, 15) is 9.90 Å². The zero-order chi connectivity index (χ0) is 17.6. The minimum Gasteiger partial charge on any atom is -0.505 e. The lowest BCUT2D eigenvalue weighted by Crippen LogP contribution is -2.25. The summed E-state index contributed by atoms with van der Waals surface area (Å²) in [4.78, 5) is 16.2. The normalized spacial score (nSPS) is 10.6. The molecule has 0 radical (unpaired) electrons. The number of aromatic hydroxyl groups is 1. The van der Waals surface area contributed by atoms with Gasteiger partial charge in [0, 0.05) is 42.3 Å². The highest BCUT2D eigenvalue weighted by atomic mass is 16.3. The van der Waals surface area contributed by atoms with Crippen molar-refractivity contribution in [2.24, 2.45) is 0 Å². The molecule has 25 heavy (non-hydrogen) atoms. The molecule has 0 spiro atoms.